The van der Waals surface area contributed by atoms with Gasteiger partial charge in [0.25, 0.3) is 18.2 Å². The number of rotatable bonds is 28. The number of carbonyl (C=O) groups excluding carboxylic acids is 8. The molecule has 0 spiro atoms. The van der Waals surface area contributed by atoms with Crippen molar-refractivity contribution in [1.29, 1.82) is 0 Å². The molecule has 5 heterocycles. The standard InChI is InChI=1S/C69H94N10O23S.Na/c1-6-26-97-69(94)70-24-23-53(84)59-68(93)79-34-38(2)61(86)60(79)66(91)71-33-46(81)30-50(63(88)73-57(41(5)80)67(92)78-37-47(82)31-51(78)64(89)74-58(65(90)75-59)54(85)28-42-13-22-52(83)56(29-42)100-103-102-101-95)72-62(87)45-16-14-43(15-17-45)49-32-55(99-76-49)44-18-20-48(21-19-44)96-27-12-10-8-7-9-11-25-77-35-39(3)98-40(4)36-77;/h6,13-22,29,32,38-41,46-47,50-51,53-54,57-61,80-86,95H,1,7-12,23-28,30-31,33-37H2,2-5H3,(H,70,94)(H,71,91)(H,72,87)(H,73,88)(H,74,89)(H,75,90);/q;+1/p-1/t38-,39-,40+,41+,46+,47+,50+,51+,53-,54-,57+,58+,59+,60+,61+;/m1./s1. The van der Waals surface area contributed by atoms with Crippen LogP contribution < -0.4 is 75.6 Å². The van der Waals surface area contributed by atoms with Crippen LogP contribution in [0.15, 0.2) is 90.0 Å². The molecule has 4 aromatic rings. The average Bonchev–Trinajstić information content (AvgIpc) is 1.59. The van der Waals surface area contributed by atoms with Gasteiger partial charge in [-0.25, -0.2) is 4.79 Å². The monoisotopic (exact) mass is 1480 g/mol. The third-order valence-corrected chi connectivity index (χ3v) is 18.5. The van der Waals surface area contributed by atoms with Crippen molar-refractivity contribution in [2.75, 3.05) is 59.0 Å². The molecule has 0 unspecified atom stereocenters. The summed E-state index contributed by atoms with van der Waals surface area (Å²) in [7, 11) is 0. The van der Waals surface area contributed by atoms with Gasteiger partial charge in [-0.15, -0.1) is 4.33 Å². The first kappa shape index (κ1) is 83.7. The van der Waals surface area contributed by atoms with Crippen molar-refractivity contribution in [2.45, 2.75) is 177 Å². The Balaban J connectivity index is 0.0000151. The van der Waals surface area contributed by atoms with Crippen LogP contribution in [0.2, 0.25) is 0 Å². The van der Waals surface area contributed by atoms with E-state index in [1.54, 1.807) is 18.2 Å². The molecule has 33 nitrogen and oxygen atoms in total. The summed E-state index contributed by atoms with van der Waals surface area (Å²) in [5, 5.41) is 112. The van der Waals surface area contributed by atoms with E-state index in [0.717, 1.165) is 73.3 Å². The number of β-amino-alcohol motifs (C(OH)–C–C–N with tert-alkyl or cyclic N) is 1. The van der Waals surface area contributed by atoms with Crippen LogP contribution in [0.1, 0.15) is 101 Å². The molecule has 35 heteroatoms. The van der Waals surface area contributed by atoms with Crippen molar-refractivity contribution in [3.63, 3.8) is 0 Å². The van der Waals surface area contributed by atoms with Gasteiger partial charge in [0.15, 0.2) is 17.3 Å². The van der Waals surface area contributed by atoms with Crippen LogP contribution in [-0.4, -0.2) is 247 Å². The quantitative estimate of drug-likeness (QED) is 0.00671. The SMILES string of the molecule is C=CCOC(=O)NCC[C@@H](O)[C@@H]1NC(=O)[C@H]([C@H](O)Cc2ccc(O)c(OSOO[O-])c2)NC(=O)[C@@H]2C[C@H](O)CN2C(=O)[C@H]([C@H](C)O)NC(=O)[C@@H](NC(=O)c2ccc(-c3cc(-c4ccc(OCCCCCCCCN5C[C@@H](C)O[C@@H](C)C5)cc4)on3)cc2)C[C@H](O)CNC(=O)[C@@H]2[C@@H](O)[C@H](C)CN2C1=O.[Na+]. The van der Waals surface area contributed by atoms with Crippen LogP contribution in [-0.2, 0) is 54.0 Å². The Morgan fingerprint density at radius 1 is 0.769 bits per heavy atom. The second-order valence-corrected chi connectivity index (χ2v) is 26.8. The maximum Gasteiger partial charge on any atom is 1.00 e. The van der Waals surface area contributed by atoms with Crippen molar-refractivity contribution < 1.29 is 141 Å². The number of hydrogen-bond donors (Lipinski definition) is 13. The zero-order valence-electron chi connectivity index (χ0n) is 58.7. The number of benzene rings is 3. The molecule has 0 bridgehead atoms. The van der Waals surface area contributed by atoms with Gasteiger partial charge in [-0.2, -0.15) is 0 Å². The summed E-state index contributed by atoms with van der Waals surface area (Å²) in [4.78, 5) is 119. The van der Waals surface area contributed by atoms with Crippen molar-refractivity contribution in [3.8, 4) is 39.8 Å². The first-order chi connectivity index (χ1) is 49.3. The van der Waals surface area contributed by atoms with Gasteiger partial charge >= 0.3 is 35.7 Å². The van der Waals surface area contributed by atoms with E-state index in [1.165, 1.54) is 50.5 Å². The Morgan fingerprint density at radius 3 is 2.12 bits per heavy atom. The van der Waals surface area contributed by atoms with Gasteiger partial charge in [0.05, 0.1) is 55.4 Å². The van der Waals surface area contributed by atoms with Crippen molar-refractivity contribution in [3.05, 3.63) is 96.6 Å². The molecule has 0 saturated carbocycles. The van der Waals surface area contributed by atoms with Gasteiger partial charge in [0.1, 0.15) is 54.3 Å². The first-order valence-corrected chi connectivity index (χ1v) is 35.0. The molecule has 104 heavy (non-hydrogen) atoms. The summed E-state index contributed by atoms with van der Waals surface area (Å²) in [5.41, 5.74) is 1.73. The third-order valence-electron chi connectivity index (χ3n) is 18.2. The molecule has 4 aliphatic heterocycles. The van der Waals surface area contributed by atoms with E-state index in [2.05, 4.69) is 71.8 Å². The van der Waals surface area contributed by atoms with Crippen LogP contribution in [0.4, 0.5) is 4.79 Å². The van der Waals surface area contributed by atoms with Gasteiger partial charge < -0.3 is 106 Å². The van der Waals surface area contributed by atoms with Crippen molar-refractivity contribution in [1.82, 2.24) is 51.8 Å². The normalized spacial score (nSPS) is 25.5. The van der Waals surface area contributed by atoms with E-state index < -0.39 is 177 Å². The minimum atomic E-state index is -2.19. The van der Waals surface area contributed by atoms with E-state index in [4.69, 9.17) is 22.9 Å². The summed E-state index contributed by atoms with van der Waals surface area (Å²) in [6.07, 6.45) is -5.45. The van der Waals surface area contributed by atoms with Gasteiger partial charge in [0, 0.05) is 87.2 Å². The number of morpholine rings is 1. The molecule has 3 aromatic carbocycles. The molecule has 1 aromatic heterocycles. The zero-order chi connectivity index (χ0) is 74.4. The largest absolute Gasteiger partial charge is 1.00 e. The predicted octanol–water partition coefficient (Wildman–Crippen LogP) is -3.04. The molecular formula is C69H93N10NaO23S. The molecule has 8 amide bonds. The van der Waals surface area contributed by atoms with Crippen LogP contribution in [0.3, 0.4) is 0 Å². The van der Waals surface area contributed by atoms with E-state index in [9.17, 15) is 74.6 Å². The Hall–Kier alpha value is -7.52. The van der Waals surface area contributed by atoms with E-state index in [-0.39, 0.29) is 84.1 Å². The number of phenolic OH excluding ortho intramolecular Hbond substituents is 1. The summed E-state index contributed by atoms with van der Waals surface area (Å²) in [6.45, 7) is 11.7. The Morgan fingerprint density at radius 2 is 1.43 bits per heavy atom. The number of aromatic nitrogens is 1. The smallest absolute Gasteiger partial charge is 0.691 e. The number of alkyl carbamates (subject to hydrolysis) is 1. The van der Waals surface area contributed by atoms with E-state index in [0.29, 0.717) is 29.4 Å². The minimum absolute atomic E-state index is 0. The Kier molecular flexibility index (Phi) is 32.9. The van der Waals surface area contributed by atoms with Crippen molar-refractivity contribution >= 4 is 59.8 Å². The van der Waals surface area contributed by atoms with Crippen LogP contribution in [0, 0.1) is 5.92 Å². The van der Waals surface area contributed by atoms with Gasteiger partial charge in [-0.3, -0.25) is 43.5 Å². The predicted molar refractivity (Wildman–Crippen MR) is 365 cm³/mol. The molecular weight excluding hydrogens is 1390 g/mol. The number of aliphatic hydroxyl groups is 6. The number of ether oxygens (including phenoxy) is 3. The molecule has 4 fully saturated rings. The van der Waals surface area contributed by atoms with Gasteiger partial charge in [0.2, 0.25) is 35.4 Å². The summed E-state index contributed by atoms with van der Waals surface area (Å²) in [5.74, 6) is -8.71. The fraction of sp³-hybridized carbons (Fsp3) is 0.551. The molecule has 15 atom stereocenters. The number of aliphatic hydroxyl groups excluding tert-OH is 6. The molecule has 564 valence electrons. The van der Waals surface area contributed by atoms with Crippen molar-refractivity contribution in [2.24, 2.45) is 5.92 Å². The molecule has 4 aliphatic rings. The van der Waals surface area contributed by atoms with Gasteiger partial charge in [-0.05, 0) is 101 Å². The maximum absolute atomic E-state index is 15.0. The fourth-order valence-electron chi connectivity index (χ4n) is 12.9. The molecule has 13 N–H and O–H groups in total. The number of nitrogens with one attached hydrogen (secondary N) is 6. The second kappa shape index (κ2) is 40.8. The van der Waals surface area contributed by atoms with Crippen LogP contribution >= 0.6 is 12.3 Å². The van der Waals surface area contributed by atoms with Crippen LogP contribution in [0.5, 0.6) is 17.2 Å². The number of phenols is 1. The zero-order valence-corrected chi connectivity index (χ0v) is 61.5. The topological polar surface area (TPSA) is 465 Å². The fourth-order valence-corrected chi connectivity index (χ4v) is 13.1. The second-order valence-electron chi connectivity index (χ2n) is 26.4. The number of hydrogen-bond acceptors (Lipinski definition) is 26. The number of nitrogens with zero attached hydrogens (tertiary/aromatic N) is 4. The Labute approximate surface area is 627 Å². The van der Waals surface area contributed by atoms with Gasteiger partial charge in [-0.1, -0.05) is 68.6 Å². The maximum atomic E-state index is 15.0. The number of unbranched alkanes of at least 4 members (excludes halogenated alkanes) is 5. The number of carbonyl (C=O) groups is 8. The molecule has 0 radical (unpaired) electrons. The summed E-state index contributed by atoms with van der Waals surface area (Å²) in [6, 6.07) is 6.97. The molecule has 8 rings (SSSR count). The van der Waals surface area contributed by atoms with Crippen LogP contribution in [0.25, 0.3) is 22.6 Å². The van der Waals surface area contributed by atoms with E-state index in [1.807, 2.05) is 24.3 Å². The molecule has 4 saturated heterocycles. The first-order valence-electron chi connectivity index (χ1n) is 34.3. The average molecular weight is 1490 g/mol. The molecule has 0 aliphatic carbocycles. The summed E-state index contributed by atoms with van der Waals surface area (Å²) < 4.78 is 31.7. The van der Waals surface area contributed by atoms with E-state index >= 15 is 4.79 Å². The number of fused-ring (bicyclic) bond motifs is 2. The Bertz CT molecular complexity index is 3500. The minimum Gasteiger partial charge on any atom is -0.691 e. The third kappa shape index (κ3) is 23.7. The number of amides is 8. The number of aromatic hydroxyl groups is 1. The summed E-state index contributed by atoms with van der Waals surface area (Å²) >= 11 is -0.000960.